The predicted molar refractivity (Wildman–Crippen MR) is 77.7 cm³/mol. The van der Waals surface area contributed by atoms with Crippen molar-refractivity contribution in [2.24, 2.45) is 11.8 Å². The average molecular weight is 260 g/mol. The number of benzene rings is 1. The maximum atomic E-state index is 11.6. The zero-order chi connectivity index (χ0) is 13.7. The Morgan fingerprint density at radius 3 is 2.68 bits per heavy atom. The number of nitrogens with zero attached hydrogens (tertiary/aromatic N) is 1. The van der Waals surface area contributed by atoms with Gasteiger partial charge in [-0.1, -0.05) is 37.3 Å². The third-order valence-electron chi connectivity index (χ3n) is 3.76. The number of carbonyl (C=O) groups excluding carboxylic acids is 1. The molecule has 0 saturated heterocycles. The Bertz CT molecular complexity index is 404. The summed E-state index contributed by atoms with van der Waals surface area (Å²) < 4.78 is 0. The van der Waals surface area contributed by atoms with Gasteiger partial charge in [-0.05, 0) is 37.9 Å². The Morgan fingerprint density at radius 2 is 2.05 bits per heavy atom. The molecule has 0 heterocycles. The molecule has 2 rings (SSSR count). The molecule has 0 bridgehead atoms. The quantitative estimate of drug-likeness (QED) is 0.763. The Hall–Kier alpha value is -1.35. The molecule has 1 aliphatic rings. The zero-order valence-electron chi connectivity index (χ0n) is 11.9. The van der Waals surface area contributed by atoms with Gasteiger partial charge in [-0.3, -0.25) is 4.79 Å². The average Bonchev–Trinajstić information content (AvgIpc) is 3.13. The fraction of sp³-hybridized carbons (Fsp3) is 0.562. The summed E-state index contributed by atoms with van der Waals surface area (Å²) in [5, 5.41) is 3.03. The standard InChI is InChI=1S/C16H24N2O/c1-13-11-15(13)16(19)17-9-6-10-18(2)12-14-7-4-3-5-8-14/h3-5,7-8,13,15H,6,9-12H2,1-2H3,(H,17,19)/t13-,15+/m1/s1. The van der Waals surface area contributed by atoms with Gasteiger partial charge in [0.05, 0.1) is 0 Å². The molecule has 1 N–H and O–H groups in total. The molecule has 3 nitrogen and oxygen atoms in total. The highest BCUT2D eigenvalue weighted by Gasteiger charge is 2.38. The summed E-state index contributed by atoms with van der Waals surface area (Å²) >= 11 is 0. The normalized spacial score (nSPS) is 21.4. The highest BCUT2D eigenvalue weighted by atomic mass is 16.2. The van der Waals surface area contributed by atoms with Crippen LogP contribution in [0.3, 0.4) is 0 Å². The number of hydrogen-bond donors (Lipinski definition) is 1. The molecule has 1 aliphatic carbocycles. The van der Waals surface area contributed by atoms with E-state index in [2.05, 4.69) is 48.5 Å². The van der Waals surface area contributed by atoms with E-state index in [-0.39, 0.29) is 5.91 Å². The summed E-state index contributed by atoms with van der Waals surface area (Å²) in [7, 11) is 2.12. The first-order valence-corrected chi connectivity index (χ1v) is 7.17. The molecule has 1 saturated carbocycles. The molecule has 0 unspecified atom stereocenters. The maximum Gasteiger partial charge on any atom is 0.223 e. The molecule has 0 spiro atoms. The van der Waals surface area contributed by atoms with E-state index in [1.807, 2.05) is 6.07 Å². The monoisotopic (exact) mass is 260 g/mol. The van der Waals surface area contributed by atoms with Gasteiger partial charge in [-0.15, -0.1) is 0 Å². The van der Waals surface area contributed by atoms with Crippen LogP contribution in [-0.2, 0) is 11.3 Å². The minimum atomic E-state index is 0.248. The van der Waals surface area contributed by atoms with E-state index in [9.17, 15) is 4.79 Å². The van der Waals surface area contributed by atoms with Crippen LogP contribution in [0.5, 0.6) is 0 Å². The van der Waals surface area contributed by atoms with Gasteiger partial charge in [0.25, 0.3) is 0 Å². The largest absolute Gasteiger partial charge is 0.356 e. The number of carbonyl (C=O) groups is 1. The SMILES string of the molecule is C[C@@H]1C[C@@H]1C(=O)NCCCN(C)Cc1ccccc1. The van der Waals surface area contributed by atoms with Crippen LogP contribution in [0, 0.1) is 11.8 Å². The third kappa shape index (κ3) is 4.67. The fourth-order valence-electron chi connectivity index (χ4n) is 2.35. The second-order valence-corrected chi connectivity index (χ2v) is 5.69. The van der Waals surface area contributed by atoms with Crippen LogP contribution < -0.4 is 5.32 Å². The Balaban J connectivity index is 1.56. The van der Waals surface area contributed by atoms with Crippen LogP contribution in [0.25, 0.3) is 0 Å². The van der Waals surface area contributed by atoms with Crippen LogP contribution in [-0.4, -0.2) is 30.9 Å². The van der Waals surface area contributed by atoms with Crippen LogP contribution in [0.4, 0.5) is 0 Å². The molecule has 0 radical (unpaired) electrons. The molecular weight excluding hydrogens is 236 g/mol. The van der Waals surface area contributed by atoms with E-state index < -0.39 is 0 Å². The van der Waals surface area contributed by atoms with E-state index in [0.29, 0.717) is 11.8 Å². The van der Waals surface area contributed by atoms with Gasteiger partial charge >= 0.3 is 0 Å². The van der Waals surface area contributed by atoms with Crippen molar-refractivity contribution < 1.29 is 4.79 Å². The van der Waals surface area contributed by atoms with Gasteiger partial charge in [0.15, 0.2) is 0 Å². The summed E-state index contributed by atoms with van der Waals surface area (Å²) in [4.78, 5) is 13.9. The molecule has 1 aromatic carbocycles. The molecule has 1 aromatic rings. The minimum Gasteiger partial charge on any atom is -0.356 e. The maximum absolute atomic E-state index is 11.6. The van der Waals surface area contributed by atoms with Crippen LogP contribution in [0.15, 0.2) is 30.3 Å². The topological polar surface area (TPSA) is 32.3 Å². The second-order valence-electron chi connectivity index (χ2n) is 5.69. The van der Waals surface area contributed by atoms with Crippen LogP contribution in [0.2, 0.25) is 0 Å². The van der Waals surface area contributed by atoms with Gasteiger partial charge in [-0.25, -0.2) is 0 Å². The Morgan fingerprint density at radius 1 is 1.37 bits per heavy atom. The van der Waals surface area contributed by atoms with E-state index in [1.165, 1.54) is 5.56 Å². The lowest BCUT2D eigenvalue weighted by molar-refractivity contribution is -0.122. The highest BCUT2D eigenvalue weighted by molar-refractivity contribution is 5.81. The van der Waals surface area contributed by atoms with Crippen molar-refractivity contribution in [3.63, 3.8) is 0 Å². The first-order valence-electron chi connectivity index (χ1n) is 7.17. The van der Waals surface area contributed by atoms with Crippen molar-refractivity contribution >= 4 is 5.91 Å². The van der Waals surface area contributed by atoms with Crippen molar-refractivity contribution in [3.05, 3.63) is 35.9 Å². The van der Waals surface area contributed by atoms with Crippen molar-refractivity contribution in [1.29, 1.82) is 0 Å². The number of rotatable bonds is 7. The zero-order valence-corrected chi connectivity index (χ0v) is 11.9. The van der Waals surface area contributed by atoms with Crippen molar-refractivity contribution in [1.82, 2.24) is 10.2 Å². The summed E-state index contributed by atoms with van der Waals surface area (Å²) in [5.74, 6) is 1.14. The lowest BCUT2D eigenvalue weighted by atomic mass is 10.2. The second kappa shape index (κ2) is 6.71. The number of nitrogens with one attached hydrogen (secondary N) is 1. The van der Waals surface area contributed by atoms with Gasteiger partial charge in [0.2, 0.25) is 5.91 Å². The number of hydrogen-bond acceptors (Lipinski definition) is 2. The molecule has 0 aliphatic heterocycles. The summed E-state index contributed by atoms with van der Waals surface area (Å²) in [6.45, 7) is 4.91. The Kier molecular flexibility index (Phi) is 4.97. The predicted octanol–water partition coefficient (Wildman–Crippen LogP) is 2.28. The first kappa shape index (κ1) is 14.1. The van der Waals surface area contributed by atoms with E-state index in [4.69, 9.17) is 0 Å². The van der Waals surface area contributed by atoms with Gasteiger partial charge in [0, 0.05) is 19.0 Å². The van der Waals surface area contributed by atoms with Crippen molar-refractivity contribution in [2.75, 3.05) is 20.1 Å². The van der Waals surface area contributed by atoms with Gasteiger partial charge in [0.1, 0.15) is 0 Å². The third-order valence-corrected chi connectivity index (χ3v) is 3.76. The number of amides is 1. The van der Waals surface area contributed by atoms with E-state index in [0.717, 1.165) is 32.5 Å². The minimum absolute atomic E-state index is 0.248. The van der Waals surface area contributed by atoms with Crippen LogP contribution >= 0.6 is 0 Å². The smallest absolute Gasteiger partial charge is 0.223 e. The van der Waals surface area contributed by atoms with Crippen LogP contribution in [0.1, 0.15) is 25.3 Å². The van der Waals surface area contributed by atoms with Crippen molar-refractivity contribution in [3.8, 4) is 0 Å². The fourth-order valence-corrected chi connectivity index (χ4v) is 2.35. The molecule has 3 heteroatoms. The molecule has 0 aromatic heterocycles. The van der Waals surface area contributed by atoms with E-state index >= 15 is 0 Å². The summed E-state index contributed by atoms with van der Waals surface area (Å²) in [6, 6.07) is 10.5. The first-order chi connectivity index (χ1) is 9.16. The molecule has 1 amide bonds. The lowest BCUT2D eigenvalue weighted by Crippen LogP contribution is -2.29. The molecule has 104 valence electrons. The van der Waals surface area contributed by atoms with Gasteiger partial charge < -0.3 is 10.2 Å². The summed E-state index contributed by atoms with van der Waals surface area (Å²) in [6.07, 6.45) is 2.08. The molecule has 1 fully saturated rings. The lowest BCUT2D eigenvalue weighted by Gasteiger charge is -2.16. The summed E-state index contributed by atoms with van der Waals surface area (Å²) in [5.41, 5.74) is 1.33. The molecule has 2 atom stereocenters. The van der Waals surface area contributed by atoms with E-state index in [1.54, 1.807) is 0 Å². The molecular formula is C16H24N2O. The van der Waals surface area contributed by atoms with Crippen molar-refractivity contribution in [2.45, 2.75) is 26.3 Å². The molecule has 19 heavy (non-hydrogen) atoms. The Labute approximate surface area is 116 Å². The van der Waals surface area contributed by atoms with Gasteiger partial charge in [-0.2, -0.15) is 0 Å². The highest BCUT2D eigenvalue weighted by Crippen LogP contribution is 2.37.